The van der Waals surface area contributed by atoms with E-state index < -0.39 is 33.8 Å². The van der Waals surface area contributed by atoms with Crippen LogP contribution in [0.5, 0.6) is 0 Å². The van der Waals surface area contributed by atoms with E-state index in [0.717, 1.165) is 36.6 Å². The van der Waals surface area contributed by atoms with Gasteiger partial charge >= 0.3 is 0 Å². The molecule has 1 saturated heterocycles. The highest BCUT2D eigenvalue weighted by Crippen LogP contribution is 2.35. The van der Waals surface area contributed by atoms with E-state index in [9.17, 15) is 17.2 Å². The van der Waals surface area contributed by atoms with E-state index in [1.807, 2.05) is 0 Å². The third kappa shape index (κ3) is 3.69. The highest BCUT2D eigenvalue weighted by Gasteiger charge is 2.40. The fraction of sp³-hybridized carbons (Fsp3) is 0.571. The largest absolute Gasteiger partial charge is 0.370 e. The first kappa shape index (κ1) is 21.0. The average Bonchev–Trinajstić information content (AvgIpc) is 3.47. The van der Waals surface area contributed by atoms with Gasteiger partial charge in [-0.2, -0.15) is 9.19 Å². The fourth-order valence-electron chi connectivity index (χ4n) is 5.11. The number of nitrogens with two attached hydrogens (primary N) is 1. The lowest BCUT2D eigenvalue weighted by Gasteiger charge is -2.38. The van der Waals surface area contributed by atoms with E-state index >= 15 is 0 Å². The molecule has 3 aliphatic rings. The second-order valence-electron chi connectivity index (χ2n) is 8.79. The summed E-state index contributed by atoms with van der Waals surface area (Å²) in [6.45, 7) is 1.32. The van der Waals surface area contributed by atoms with Crippen molar-refractivity contribution in [2.24, 2.45) is 5.73 Å². The molecule has 2 aliphatic heterocycles. The van der Waals surface area contributed by atoms with Crippen molar-refractivity contribution in [3.8, 4) is 0 Å². The standard InChI is InChI=1S/C21H26F2N4O3S/c22-14-5-6-18(23)17(7-14)21-19(24)8-15(12-30-21)26-10-13-9-25-27(20(13)11-26)31(28,29)16-3-1-2-4-16/h5-7,9,15-16,19,21H,1-4,8,10-12,24H2/t15-,19+,21-/m1/s1. The van der Waals surface area contributed by atoms with Crippen LogP contribution < -0.4 is 5.73 Å². The van der Waals surface area contributed by atoms with Gasteiger partial charge in [-0.05, 0) is 37.5 Å². The number of hydrogen-bond acceptors (Lipinski definition) is 6. The Kier molecular flexibility index (Phi) is 5.36. The summed E-state index contributed by atoms with van der Waals surface area (Å²) in [5.74, 6) is -1.07. The number of benzene rings is 1. The zero-order chi connectivity index (χ0) is 21.8. The van der Waals surface area contributed by atoms with Gasteiger partial charge in [0.05, 0.1) is 23.7 Å². The molecule has 7 nitrogen and oxygen atoms in total. The zero-order valence-corrected chi connectivity index (χ0v) is 17.9. The molecule has 1 aromatic carbocycles. The van der Waals surface area contributed by atoms with Crippen LogP contribution in [-0.4, -0.2) is 46.4 Å². The minimum absolute atomic E-state index is 0.0436. The predicted octanol–water partition coefficient (Wildman–Crippen LogP) is 2.45. The maximum Gasteiger partial charge on any atom is 0.256 e. The number of ether oxygens (including phenoxy) is 1. The lowest BCUT2D eigenvalue weighted by atomic mass is 9.93. The Balaban J connectivity index is 1.29. The summed E-state index contributed by atoms with van der Waals surface area (Å²) in [6, 6.07) is 2.74. The van der Waals surface area contributed by atoms with Crippen LogP contribution in [0.4, 0.5) is 8.78 Å². The highest BCUT2D eigenvalue weighted by atomic mass is 32.2. The molecule has 2 aromatic rings. The summed E-state index contributed by atoms with van der Waals surface area (Å²) >= 11 is 0. The van der Waals surface area contributed by atoms with Crippen molar-refractivity contribution in [2.45, 2.75) is 68.6 Å². The predicted molar refractivity (Wildman–Crippen MR) is 109 cm³/mol. The minimum Gasteiger partial charge on any atom is -0.370 e. The van der Waals surface area contributed by atoms with Gasteiger partial charge in [0.2, 0.25) is 0 Å². The topological polar surface area (TPSA) is 90.5 Å². The highest BCUT2D eigenvalue weighted by molar-refractivity contribution is 7.90. The van der Waals surface area contributed by atoms with Crippen LogP contribution in [0.25, 0.3) is 0 Å². The molecule has 31 heavy (non-hydrogen) atoms. The van der Waals surface area contributed by atoms with E-state index in [0.29, 0.717) is 44.7 Å². The Morgan fingerprint density at radius 1 is 1.16 bits per heavy atom. The number of fused-ring (bicyclic) bond motifs is 1. The molecule has 0 unspecified atom stereocenters. The van der Waals surface area contributed by atoms with E-state index in [4.69, 9.17) is 10.5 Å². The smallest absolute Gasteiger partial charge is 0.256 e. The lowest BCUT2D eigenvalue weighted by Crippen LogP contribution is -2.48. The van der Waals surface area contributed by atoms with Crippen molar-refractivity contribution in [2.75, 3.05) is 6.61 Å². The van der Waals surface area contributed by atoms with Crippen LogP contribution in [0.15, 0.2) is 24.4 Å². The van der Waals surface area contributed by atoms with Gasteiger partial charge in [-0.3, -0.25) is 4.90 Å². The van der Waals surface area contributed by atoms with Crippen molar-refractivity contribution in [3.05, 3.63) is 52.9 Å². The molecule has 1 aliphatic carbocycles. The maximum absolute atomic E-state index is 14.2. The number of rotatable bonds is 4. The van der Waals surface area contributed by atoms with Crippen molar-refractivity contribution in [3.63, 3.8) is 0 Å². The summed E-state index contributed by atoms with van der Waals surface area (Å²) in [5.41, 5.74) is 8.03. The number of nitrogens with zero attached hydrogens (tertiary/aromatic N) is 3. The second-order valence-corrected chi connectivity index (χ2v) is 10.8. The van der Waals surface area contributed by atoms with E-state index in [2.05, 4.69) is 10.00 Å². The molecule has 3 atom stereocenters. The molecule has 5 rings (SSSR count). The van der Waals surface area contributed by atoms with Crippen LogP contribution in [0.1, 0.15) is 55.0 Å². The first-order valence-corrected chi connectivity index (χ1v) is 12.2. The van der Waals surface area contributed by atoms with Gasteiger partial charge in [-0.1, -0.05) is 12.8 Å². The molecular formula is C21H26F2N4O3S. The van der Waals surface area contributed by atoms with Gasteiger partial charge < -0.3 is 10.5 Å². The van der Waals surface area contributed by atoms with Crippen molar-refractivity contribution >= 4 is 10.0 Å². The Labute approximate surface area is 180 Å². The third-order valence-corrected chi connectivity index (χ3v) is 8.90. The number of aromatic nitrogens is 2. The molecule has 1 aromatic heterocycles. The van der Waals surface area contributed by atoms with Crippen molar-refractivity contribution in [1.29, 1.82) is 0 Å². The van der Waals surface area contributed by atoms with Gasteiger partial charge in [-0.25, -0.2) is 17.2 Å². The summed E-state index contributed by atoms with van der Waals surface area (Å²) < 4.78 is 60.9. The Morgan fingerprint density at radius 3 is 2.68 bits per heavy atom. The monoisotopic (exact) mass is 452 g/mol. The third-order valence-electron chi connectivity index (χ3n) is 6.79. The van der Waals surface area contributed by atoms with Crippen molar-refractivity contribution in [1.82, 2.24) is 14.1 Å². The summed E-state index contributed by atoms with van der Waals surface area (Å²) in [7, 11) is -3.49. The Morgan fingerprint density at radius 2 is 1.94 bits per heavy atom. The SMILES string of the molecule is N[C@H]1C[C@@H](N2Cc3cnn(S(=O)(=O)C4CCCC4)c3C2)CO[C@@H]1c1cc(F)ccc1F. The molecule has 2 fully saturated rings. The van der Waals surface area contributed by atoms with Gasteiger partial charge in [-0.15, -0.1) is 0 Å². The van der Waals surface area contributed by atoms with Gasteiger partial charge in [0.15, 0.2) is 0 Å². The molecule has 1 saturated carbocycles. The first-order chi connectivity index (χ1) is 14.8. The maximum atomic E-state index is 14.2. The molecule has 0 radical (unpaired) electrons. The fourth-order valence-corrected chi connectivity index (χ4v) is 6.98. The molecule has 0 spiro atoms. The van der Waals surface area contributed by atoms with Gasteiger partial charge in [0, 0.05) is 36.3 Å². The summed E-state index contributed by atoms with van der Waals surface area (Å²) in [4.78, 5) is 2.13. The van der Waals surface area contributed by atoms with Crippen LogP contribution in [0.2, 0.25) is 0 Å². The zero-order valence-electron chi connectivity index (χ0n) is 17.1. The van der Waals surface area contributed by atoms with Crippen LogP contribution >= 0.6 is 0 Å². The Hall–Kier alpha value is -1.88. The summed E-state index contributed by atoms with van der Waals surface area (Å²) in [6.07, 6.45) is 4.70. The van der Waals surface area contributed by atoms with E-state index in [1.54, 1.807) is 6.20 Å². The second kappa shape index (κ2) is 7.91. The van der Waals surface area contributed by atoms with Crippen molar-refractivity contribution < 1.29 is 21.9 Å². The molecule has 3 heterocycles. The van der Waals surface area contributed by atoms with E-state index in [-0.39, 0.29) is 16.9 Å². The quantitative estimate of drug-likeness (QED) is 0.767. The molecule has 168 valence electrons. The number of hydrogen-bond donors (Lipinski definition) is 1. The minimum atomic E-state index is -3.49. The Bertz CT molecular complexity index is 1080. The average molecular weight is 453 g/mol. The van der Waals surface area contributed by atoms with Crippen LogP contribution in [0.3, 0.4) is 0 Å². The van der Waals surface area contributed by atoms with E-state index in [1.165, 1.54) is 4.09 Å². The molecule has 0 amide bonds. The first-order valence-electron chi connectivity index (χ1n) is 10.7. The summed E-state index contributed by atoms with van der Waals surface area (Å²) in [5, 5.41) is 3.83. The lowest BCUT2D eigenvalue weighted by molar-refractivity contribution is -0.0533. The molecular weight excluding hydrogens is 426 g/mol. The molecule has 10 heteroatoms. The van der Waals surface area contributed by atoms with Crippen LogP contribution in [0, 0.1) is 11.6 Å². The molecule has 2 N–H and O–H groups in total. The molecule has 0 bridgehead atoms. The van der Waals surface area contributed by atoms with Crippen LogP contribution in [-0.2, 0) is 27.8 Å². The normalized spacial score (nSPS) is 27.6. The number of halogens is 2. The van der Waals surface area contributed by atoms with Gasteiger partial charge in [0.25, 0.3) is 10.0 Å². The van der Waals surface area contributed by atoms with Gasteiger partial charge in [0.1, 0.15) is 17.7 Å².